The van der Waals surface area contributed by atoms with Crippen molar-refractivity contribution in [1.82, 2.24) is 10.1 Å². The largest absolute Gasteiger partial charge is 0.478 e. The van der Waals surface area contributed by atoms with E-state index in [1.807, 2.05) is 6.92 Å². The van der Waals surface area contributed by atoms with Gasteiger partial charge in [-0.2, -0.15) is 0 Å². The first-order valence-corrected chi connectivity index (χ1v) is 6.37. The number of nitrogens with zero attached hydrogens (tertiary/aromatic N) is 2. The molecule has 0 saturated heterocycles. The van der Waals surface area contributed by atoms with Crippen molar-refractivity contribution in [3.8, 4) is 0 Å². The number of aromatic nitrogens is 2. The topological polar surface area (TPSA) is 105 Å². The molecule has 0 aliphatic rings. The second-order valence-corrected chi connectivity index (χ2v) is 4.62. The predicted octanol–water partition coefficient (Wildman–Crippen LogP) is 1.96. The number of amides is 1. The molecule has 2 rings (SSSR count). The number of carboxylic acids is 1. The van der Waals surface area contributed by atoms with Crippen LogP contribution in [0.25, 0.3) is 0 Å². The van der Waals surface area contributed by atoms with Crippen LogP contribution in [0.4, 0.5) is 5.69 Å². The number of pyridine rings is 1. The molecule has 0 atom stereocenters. The van der Waals surface area contributed by atoms with Gasteiger partial charge >= 0.3 is 5.97 Å². The molecule has 0 bridgehead atoms. The van der Waals surface area contributed by atoms with E-state index in [-0.39, 0.29) is 17.9 Å². The fraction of sp³-hybridized carbons (Fsp3) is 0.286. The Bertz CT molecular complexity index is 659. The molecule has 21 heavy (non-hydrogen) atoms. The van der Waals surface area contributed by atoms with Crippen molar-refractivity contribution in [2.24, 2.45) is 0 Å². The van der Waals surface area contributed by atoms with Crippen molar-refractivity contribution in [3.05, 3.63) is 41.0 Å². The lowest BCUT2D eigenvalue weighted by atomic mass is 10.1. The van der Waals surface area contributed by atoms with E-state index in [4.69, 9.17) is 9.63 Å². The van der Waals surface area contributed by atoms with Crippen LogP contribution in [-0.4, -0.2) is 27.1 Å². The maximum absolute atomic E-state index is 11.9. The first-order valence-electron chi connectivity index (χ1n) is 6.37. The highest BCUT2D eigenvalue weighted by atomic mass is 16.5. The lowest BCUT2D eigenvalue weighted by Gasteiger charge is -2.05. The maximum Gasteiger partial charge on any atom is 0.337 e. The molecule has 2 heterocycles. The molecule has 0 spiro atoms. The fourth-order valence-electron chi connectivity index (χ4n) is 1.95. The summed E-state index contributed by atoms with van der Waals surface area (Å²) in [5, 5.41) is 15.3. The van der Waals surface area contributed by atoms with Crippen LogP contribution in [0.3, 0.4) is 0 Å². The van der Waals surface area contributed by atoms with Crippen LogP contribution in [-0.2, 0) is 11.2 Å². The minimum absolute atomic E-state index is 0.0264. The highest BCUT2D eigenvalue weighted by Crippen LogP contribution is 2.15. The van der Waals surface area contributed by atoms with Gasteiger partial charge in [-0.15, -0.1) is 0 Å². The van der Waals surface area contributed by atoms with Gasteiger partial charge in [0, 0.05) is 18.2 Å². The van der Waals surface area contributed by atoms with E-state index in [2.05, 4.69) is 15.5 Å². The molecule has 2 N–H and O–H groups in total. The molecule has 1 amide bonds. The summed E-state index contributed by atoms with van der Waals surface area (Å²) in [6.45, 7) is 3.62. The van der Waals surface area contributed by atoms with Crippen LogP contribution in [0.5, 0.6) is 0 Å². The summed E-state index contributed by atoms with van der Waals surface area (Å²) in [5.41, 5.74) is 2.08. The number of anilines is 1. The van der Waals surface area contributed by atoms with Crippen LogP contribution in [0.1, 0.15) is 33.8 Å². The monoisotopic (exact) mass is 289 g/mol. The molecular weight excluding hydrogens is 274 g/mol. The molecule has 7 heteroatoms. The van der Waals surface area contributed by atoms with Gasteiger partial charge in [-0.1, -0.05) is 5.16 Å². The van der Waals surface area contributed by atoms with Crippen molar-refractivity contribution >= 4 is 17.6 Å². The van der Waals surface area contributed by atoms with E-state index in [1.54, 1.807) is 6.92 Å². The van der Waals surface area contributed by atoms with Gasteiger partial charge in [0.15, 0.2) is 0 Å². The zero-order valence-corrected chi connectivity index (χ0v) is 11.7. The summed E-state index contributed by atoms with van der Waals surface area (Å²) in [6, 6.07) is 1.36. The number of aromatic carboxylic acids is 1. The summed E-state index contributed by atoms with van der Waals surface area (Å²) in [4.78, 5) is 26.5. The number of aryl methyl sites for hydroxylation is 2. The van der Waals surface area contributed by atoms with Crippen LogP contribution < -0.4 is 5.32 Å². The number of hydrogen-bond acceptors (Lipinski definition) is 5. The Labute approximate surface area is 121 Å². The molecule has 0 aliphatic carbocycles. The molecule has 0 radical (unpaired) electrons. The van der Waals surface area contributed by atoms with E-state index in [0.29, 0.717) is 17.9 Å². The van der Waals surface area contributed by atoms with Gasteiger partial charge in [0.25, 0.3) is 0 Å². The Hall–Kier alpha value is -2.70. The summed E-state index contributed by atoms with van der Waals surface area (Å²) in [5.74, 6) is -0.608. The van der Waals surface area contributed by atoms with E-state index >= 15 is 0 Å². The van der Waals surface area contributed by atoms with Crippen LogP contribution in [0, 0.1) is 13.8 Å². The highest BCUT2D eigenvalue weighted by Gasteiger charge is 2.12. The Kier molecular flexibility index (Phi) is 4.32. The fourth-order valence-corrected chi connectivity index (χ4v) is 1.95. The number of carboxylic acid groups (broad SMARTS) is 1. The minimum Gasteiger partial charge on any atom is -0.478 e. The number of rotatable bonds is 5. The lowest BCUT2D eigenvalue weighted by Crippen LogP contribution is -2.13. The van der Waals surface area contributed by atoms with Crippen LogP contribution in [0.2, 0.25) is 0 Å². The van der Waals surface area contributed by atoms with Crippen molar-refractivity contribution in [1.29, 1.82) is 0 Å². The van der Waals surface area contributed by atoms with Gasteiger partial charge in [-0.25, -0.2) is 4.79 Å². The van der Waals surface area contributed by atoms with Gasteiger partial charge in [0.1, 0.15) is 5.76 Å². The van der Waals surface area contributed by atoms with Crippen molar-refractivity contribution in [2.45, 2.75) is 26.7 Å². The van der Waals surface area contributed by atoms with Crippen molar-refractivity contribution in [3.63, 3.8) is 0 Å². The number of carbonyl (C=O) groups is 2. The Balaban J connectivity index is 1.96. The summed E-state index contributed by atoms with van der Waals surface area (Å²) < 4.78 is 5.03. The van der Waals surface area contributed by atoms with E-state index in [0.717, 1.165) is 11.3 Å². The maximum atomic E-state index is 11.9. The second-order valence-electron chi connectivity index (χ2n) is 4.62. The average molecular weight is 289 g/mol. The molecule has 7 nitrogen and oxygen atoms in total. The molecular formula is C14H15N3O4. The van der Waals surface area contributed by atoms with E-state index in [9.17, 15) is 9.59 Å². The highest BCUT2D eigenvalue weighted by molar-refractivity contribution is 5.93. The van der Waals surface area contributed by atoms with Gasteiger partial charge in [0.2, 0.25) is 5.91 Å². The first-order chi connectivity index (χ1) is 9.97. The number of carbonyl (C=O) groups excluding carboxylic acids is 1. The number of hydrogen-bond donors (Lipinski definition) is 2. The molecule has 110 valence electrons. The smallest absolute Gasteiger partial charge is 0.337 e. The minimum atomic E-state index is -1.09. The third-order valence-electron chi connectivity index (χ3n) is 3.05. The molecule has 0 saturated carbocycles. The zero-order chi connectivity index (χ0) is 15.4. The van der Waals surface area contributed by atoms with Gasteiger partial charge in [0.05, 0.1) is 23.1 Å². The number of nitrogens with one attached hydrogen (secondary N) is 1. The van der Waals surface area contributed by atoms with Crippen LogP contribution >= 0.6 is 0 Å². The van der Waals surface area contributed by atoms with Gasteiger partial charge < -0.3 is 14.9 Å². The van der Waals surface area contributed by atoms with E-state index < -0.39 is 5.97 Å². The Morgan fingerprint density at radius 1 is 1.33 bits per heavy atom. The molecule has 0 aromatic carbocycles. The summed E-state index contributed by atoms with van der Waals surface area (Å²) >= 11 is 0. The Morgan fingerprint density at radius 2 is 2.10 bits per heavy atom. The van der Waals surface area contributed by atoms with Gasteiger partial charge in [-0.3, -0.25) is 9.78 Å². The third-order valence-corrected chi connectivity index (χ3v) is 3.05. The van der Waals surface area contributed by atoms with E-state index in [1.165, 1.54) is 18.5 Å². The predicted molar refractivity (Wildman–Crippen MR) is 74.1 cm³/mol. The zero-order valence-electron chi connectivity index (χ0n) is 11.7. The second kappa shape index (κ2) is 6.17. The summed E-state index contributed by atoms with van der Waals surface area (Å²) in [6.07, 6.45) is 3.39. The van der Waals surface area contributed by atoms with Crippen molar-refractivity contribution in [2.75, 3.05) is 5.32 Å². The molecule has 0 aliphatic heterocycles. The third kappa shape index (κ3) is 3.65. The normalized spacial score (nSPS) is 10.4. The average Bonchev–Trinajstić information content (AvgIpc) is 2.76. The molecule has 2 aromatic rings. The quantitative estimate of drug-likeness (QED) is 0.871. The molecule has 0 fully saturated rings. The van der Waals surface area contributed by atoms with Crippen LogP contribution in [0.15, 0.2) is 23.0 Å². The Morgan fingerprint density at radius 3 is 2.71 bits per heavy atom. The lowest BCUT2D eigenvalue weighted by molar-refractivity contribution is -0.116. The molecule has 0 unspecified atom stereocenters. The van der Waals surface area contributed by atoms with Gasteiger partial charge in [-0.05, 0) is 26.3 Å². The molecule has 2 aromatic heterocycles. The SMILES string of the molecule is Cc1noc(C)c1CCC(=O)Nc1cncc(C(=O)O)c1. The van der Waals surface area contributed by atoms with Crippen molar-refractivity contribution < 1.29 is 19.2 Å². The summed E-state index contributed by atoms with van der Waals surface area (Å²) in [7, 11) is 0. The standard InChI is InChI=1S/C14H15N3O4/c1-8-12(9(2)21-17-8)3-4-13(18)16-11-5-10(14(19)20)6-15-7-11/h5-7H,3-4H2,1-2H3,(H,16,18)(H,19,20). The first kappa shape index (κ1) is 14.7.